The number of carbonyl (C=O) groups excluding carboxylic acids is 3. The third-order valence-electron chi connectivity index (χ3n) is 5.59. The first kappa shape index (κ1) is 22.7. The molecule has 0 fully saturated rings. The molecule has 5 aromatic rings. The van der Waals surface area contributed by atoms with Gasteiger partial charge in [0.15, 0.2) is 12.6 Å². The van der Waals surface area contributed by atoms with Gasteiger partial charge in [0.25, 0.3) is 0 Å². The first-order valence-electron chi connectivity index (χ1n) is 10.8. The van der Waals surface area contributed by atoms with Crippen LogP contribution in [0.4, 0.5) is 17.1 Å². The molecule has 0 saturated carbocycles. The van der Waals surface area contributed by atoms with E-state index in [4.69, 9.17) is 0 Å². The lowest BCUT2D eigenvalue weighted by molar-refractivity contribution is 0.111. The predicted octanol–water partition coefficient (Wildman–Crippen LogP) is 8.05. The lowest BCUT2D eigenvalue weighted by atomic mass is 10.1. The lowest BCUT2D eigenvalue weighted by Gasteiger charge is -2.26. The molecule has 2 heterocycles. The van der Waals surface area contributed by atoms with Crippen molar-refractivity contribution in [3.05, 3.63) is 112 Å². The summed E-state index contributed by atoms with van der Waals surface area (Å²) in [5.41, 5.74) is 5.56. The van der Waals surface area contributed by atoms with Gasteiger partial charge in [-0.1, -0.05) is 24.3 Å². The average Bonchev–Trinajstić information content (AvgIpc) is 3.60. The Morgan fingerprint density at radius 2 is 0.857 bits per heavy atom. The van der Waals surface area contributed by atoms with Crippen LogP contribution < -0.4 is 4.90 Å². The molecule has 0 aliphatic heterocycles. The fourth-order valence-corrected chi connectivity index (χ4v) is 5.50. The molecule has 35 heavy (non-hydrogen) atoms. The van der Waals surface area contributed by atoms with Crippen molar-refractivity contribution in [2.75, 3.05) is 4.90 Å². The molecule has 6 heteroatoms. The van der Waals surface area contributed by atoms with Crippen LogP contribution in [0.5, 0.6) is 0 Å². The van der Waals surface area contributed by atoms with Gasteiger partial charge in [-0.05, 0) is 83.9 Å². The van der Waals surface area contributed by atoms with Crippen molar-refractivity contribution in [1.29, 1.82) is 0 Å². The van der Waals surface area contributed by atoms with E-state index in [2.05, 4.69) is 4.90 Å². The summed E-state index contributed by atoms with van der Waals surface area (Å²) in [6.45, 7) is 0. The van der Waals surface area contributed by atoms with Crippen molar-refractivity contribution < 1.29 is 14.4 Å². The van der Waals surface area contributed by atoms with Crippen molar-refractivity contribution in [3.8, 4) is 20.9 Å². The highest BCUT2D eigenvalue weighted by atomic mass is 32.1. The molecular weight excluding hydrogens is 474 g/mol. The Bertz CT molecular complexity index is 1390. The van der Waals surface area contributed by atoms with Gasteiger partial charge < -0.3 is 4.90 Å². The zero-order chi connectivity index (χ0) is 24.2. The SMILES string of the molecule is O=Cc1ccc(N(c2ccc(-c3ccc(C=O)s3)cc2)c2ccc(-c3ccc(C=O)s3)cc2)cc1. The second kappa shape index (κ2) is 10.0. The summed E-state index contributed by atoms with van der Waals surface area (Å²) in [5.74, 6) is 0. The smallest absolute Gasteiger partial charge is 0.160 e. The number of thiophene rings is 2. The van der Waals surface area contributed by atoms with E-state index < -0.39 is 0 Å². The summed E-state index contributed by atoms with van der Waals surface area (Å²) < 4.78 is 0. The second-order valence-electron chi connectivity index (χ2n) is 7.78. The number of rotatable bonds is 8. The van der Waals surface area contributed by atoms with Crippen LogP contribution in [-0.4, -0.2) is 18.9 Å². The van der Waals surface area contributed by atoms with Crippen molar-refractivity contribution >= 4 is 58.6 Å². The minimum absolute atomic E-state index is 0.617. The van der Waals surface area contributed by atoms with Crippen LogP contribution >= 0.6 is 22.7 Å². The van der Waals surface area contributed by atoms with Crippen LogP contribution in [0.2, 0.25) is 0 Å². The van der Waals surface area contributed by atoms with Gasteiger partial charge in [0.05, 0.1) is 9.75 Å². The topological polar surface area (TPSA) is 54.5 Å². The molecule has 0 atom stereocenters. The van der Waals surface area contributed by atoms with E-state index >= 15 is 0 Å². The zero-order valence-corrected chi connectivity index (χ0v) is 20.1. The molecule has 170 valence electrons. The fourth-order valence-electron chi connectivity index (χ4n) is 3.84. The molecule has 0 aliphatic carbocycles. The molecule has 5 rings (SSSR count). The summed E-state index contributed by atoms with van der Waals surface area (Å²) in [6, 6.07) is 31.4. The first-order valence-corrected chi connectivity index (χ1v) is 12.5. The van der Waals surface area contributed by atoms with Gasteiger partial charge in [-0.15, -0.1) is 22.7 Å². The summed E-state index contributed by atoms with van der Waals surface area (Å²) in [6.07, 6.45) is 2.57. The van der Waals surface area contributed by atoms with E-state index in [0.717, 1.165) is 56.8 Å². The summed E-state index contributed by atoms with van der Waals surface area (Å²) >= 11 is 2.93. The molecule has 2 aromatic heterocycles. The number of anilines is 3. The fraction of sp³-hybridized carbons (Fsp3) is 0. The maximum atomic E-state index is 11.2. The highest BCUT2D eigenvalue weighted by Crippen LogP contribution is 2.38. The summed E-state index contributed by atoms with van der Waals surface area (Å²) in [4.78, 5) is 38.9. The molecule has 4 nitrogen and oxygen atoms in total. The Hall–Kier alpha value is -4.13. The summed E-state index contributed by atoms with van der Waals surface area (Å²) in [7, 11) is 0. The molecule has 0 aliphatic rings. The second-order valence-corrected chi connectivity index (χ2v) is 10.0. The Kier molecular flexibility index (Phi) is 6.48. The maximum Gasteiger partial charge on any atom is 0.160 e. The zero-order valence-electron chi connectivity index (χ0n) is 18.5. The minimum Gasteiger partial charge on any atom is -0.311 e. The molecule has 0 N–H and O–H groups in total. The van der Waals surface area contributed by atoms with Gasteiger partial charge in [0.1, 0.15) is 6.29 Å². The molecular formula is C29H19NO3S2. The van der Waals surface area contributed by atoms with Crippen molar-refractivity contribution in [3.63, 3.8) is 0 Å². The van der Waals surface area contributed by atoms with Gasteiger partial charge in [0.2, 0.25) is 0 Å². The normalized spacial score (nSPS) is 10.6. The molecule has 0 bridgehead atoms. The van der Waals surface area contributed by atoms with Crippen LogP contribution in [-0.2, 0) is 0 Å². The van der Waals surface area contributed by atoms with E-state index in [1.54, 1.807) is 12.1 Å². The van der Waals surface area contributed by atoms with Crippen LogP contribution in [0.15, 0.2) is 97.1 Å². The molecule has 0 spiro atoms. The van der Waals surface area contributed by atoms with Crippen LogP contribution in [0.1, 0.15) is 29.7 Å². The van der Waals surface area contributed by atoms with E-state index in [-0.39, 0.29) is 0 Å². The lowest BCUT2D eigenvalue weighted by Crippen LogP contribution is -2.09. The molecule has 0 amide bonds. The largest absolute Gasteiger partial charge is 0.311 e. The maximum absolute atomic E-state index is 11.2. The van der Waals surface area contributed by atoms with Crippen molar-refractivity contribution in [2.24, 2.45) is 0 Å². The number of aldehydes is 3. The number of hydrogen-bond donors (Lipinski definition) is 0. The Morgan fingerprint density at radius 1 is 0.457 bits per heavy atom. The Morgan fingerprint density at radius 3 is 1.20 bits per heavy atom. The average molecular weight is 494 g/mol. The Labute approximate surface area is 210 Å². The quantitative estimate of drug-likeness (QED) is 0.205. The van der Waals surface area contributed by atoms with Gasteiger partial charge >= 0.3 is 0 Å². The highest BCUT2D eigenvalue weighted by Gasteiger charge is 2.14. The van der Waals surface area contributed by atoms with Crippen LogP contribution in [0.25, 0.3) is 20.9 Å². The predicted molar refractivity (Wildman–Crippen MR) is 144 cm³/mol. The first-order chi connectivity index (χ1) is 17.2. The molecule has 0 radical (unpaired) electrons. The summed E-state index contributed by atoms with van der Waals surface area (Å²) in [5, 5.41) is 0. The molecule has 0 saturated heterocycles. The molecule has 0 unspecified atom stereocenters. The van der Waals surface area contributed by atoms with E-state index in [0.29, 0.717) is 15.3 Å². The van der Waals surface area contributed by atoms with Crippen LogP contribution in [0, 0.1) is 0 Å². The van der Waals surface area contributed by atoms with Gasteiger partial charge in [-0.3, -0.25) is 14.4 Å². The van der Waals surface area contributed by atoms with Gasteiger partial charge in [-0.2, -0.15) is 0 Å². The van der Waals surface area contributed by atoms with Gasteiger partial charge in [-0.25, -0.2) is 0 Å². The van der Waals surface area contributed by atoms with Gasteiger partial charge in [0, 0.05) is 32.4 Å². The number of carbonyl (C=O) groups is 3. The number of nitrogens with zero attached hydrogens (tertiary/aromatic N) is 1. The van der Waals surface area contributed by atoms with Crippen molar-refractivity contribution in [2.45, 2.75) is 0 Å². The van der Waals surface area contributed by atoms with E-state index in [1.807, 2.05) is 84.9 Å². The van der Waals surface area contributed by atoms with E-state index in [9.17, 15) is 14.4 Å². The van der Waals surface area contributed by atoms with E-state index in [1.165, 1.54) is 22.7 Å². The standard InChI is InChI=1S/C29H19NO3S2/c31-17-20-1-7-23(8-2-20)30(24-9-3-21(4-10-24)28-15-13-26(18-32)34-28)25-11-5-22(6-12-25)29-16-14-27(19-33)35-29/h1-19H. The third kappa shape index (κ3) is 4.75. The number of hydrogen-bond acceptors (Lipinski definition) is 6. The highest BCUT2D eigenvalue weighted by molar-refractivity contribution is 7.17. The Balaban J connectivity index is 1.52. The van der Waals surface area contributed by atoms with Crippen LogP contribution in [0.3, 0.4) is 0 Å². The monoisotopic (exact) mass is 493 g/mol. The van der Waals surface area contributed by atoms with Crippen molar-refractivity contribution in [1.82, 2.24) is 0 Å². The third-order valence-corrected chi connectivity index (χ3v) is 7.71. The number of benzene rings is 3. The molecule has 3 aromatic carbocycles. The minimum atomic E-state index is 0.617.